The van der Waals surface area contributed by atoms with Crippen LogP contribution in [0.3, 0.4) is 0 Å². The average Bonchev–Trinajstić information content (AvgIpc) is 2.58. The van der Waals surface area contributed by atoms with Crippen molar-refractivity contribution in [1.29, 1.82) is 0 Å². The summed E-state index contributed by atoms with van der Waals surface area (Å²) in [4.78, 5) is 31.0. The van der Waals surface area contributed by atoms with Crippen LogP contribution in [0.4, 0.5) is 0 Å². The first-order valence-corrected chi connectivity index (χ1v) is 8.31. The maximum Gasteiger partial charge on any atom is 0.334 e. The van der Waals surface area contributed by atoms with Crippen molar-refractivity contribution in [2.45, 2.75) is 57.6 Å². The number of benzene rings is 1. The summed E-state index contributed by atoms with van der Waals surface area (Å²) in [6.07, 6.45) is 1.92. The highest BCUT2D eigenvalue weighted by Gasteiger charge is 2.27. The number of aryl methyl sites for hydroxylation is 1. The molecule has 8 nitrogen and oxygen atoms in total. The Morgan fingerprint density at radius 3 is 1.96 bits per heavy atom. The van der Waals surface area contributed by atoms with Crippen LogP contribution in [0.1, 0.15) is 49.7 Å². The van der Waals surface area contributed by atoms with Gasteiger partial charge in [0.15, 0.2) is 6.10 Å². The number of carboxylic acids is 3. The third-order valence-corrected chi connectivity index (χ3v) is 3.84. The molecule has 146 valence electrons. The van der Waals surface area contributed by atoms with Crippen LogP contribution in [0.25, 0.3) is 0 Å². The maximum atomic E-state index is 11.2. The summed E-state index contributed by atoms with van der Waals surface area (Å²) in [5, 5.41) is 33.8. The first kappa shape index (κ1) is 23.5. The minimum absolute atomic E-state index is 0.340. The van der Waals surface area contributed by atoms with Gasteiger partial charge in [-0.25, -0.2) is 4.79 Å². The Morgan fingerprint density at radius 2 is 1.58 bits per heavy atom. The molecule has 1 unspecified atom stereocenters. The van der Waals surface area contributed by atoms with E-state index >= 15 is 0 Å². The highest BCUT2D eigenvalue weighted by molar-refractivity contribution is 5.83. The molecule has 0 bridgehead atoms. The lowest BCUT2D eigenvalue weighted by Crippen LogP contribution is -2.46. The Balaban J connectivity index is 0.000000541. The van der Waals surface area contributed by atoms with Gasteiger partial charge in [0.1, 0.15) is 6.04 Å². The molecule has 3 atom stereocenters. The molecule has 26 heavy (non-hydrogen) atoms. The number of carbonyl (C=O) groups is 3. The summed E-state index contributed by atoms with van der Waals surface area (Å²) in [5.74, 6) is -4.23. The Labute approximate surface area is 152 Å². The highest BCUT2D eigenvalue weighted by Crippen LogP contribution is 2.25. The number of hydrogen-bond acceptors (Lipinski definition) is 5. The van der Waals surface area contributed by atoms with Crippen molar-refractivity contribution < 1.29 is 34.8 Å². The molecule has 0 aliphatic carbocycles. The normalized spacial score (nSPS) is 13.7. The summed E-state index contributed by atoms with van der Waals surface area (Å²) in [5.41, 5.74) is 6.77. The van der Waals surface area contributed by atoms with Gasteiger partial charge in [0, 0.05) is 0 Å². The number of carboxylic acid groups (broad SMARTS) is 3. The monoisotopic (exact) mass is 369 g/mol. The molecular weight excluding hydrogens is 342 g/mol. The lowest BCUT2D eigenvalue weighted by atomic mass is 9.90. The minimum Gasteiger partial charge on any atom is -0.481 e. The molecular formula is C18H27NO7. The lowest BCUT2D eigenvalue weighted by molar-refractivity contribution is -0.154. The second-order valence-electron chi connectivity index (χ2n) is 5.89. The third-order valence-electron chi connectivity index (χ3n) is 3.84. The molecule has 0 fully saturated rings. The van der Waals surface area contributed by atoms with Gasteiger partial charge in [-0.15, -0.1) is 0 Å². The SMILES string of the molecule is CCCCCC(C(=O)O)c1ccccc1C.N[C@H](C(=O)O)[C@@H](O)C(=O)O. The van der Waals surface area contributed by atoms with E-state index in [-0.39, 0.29) is 5.92 Å². The fourth-order valence-electron chi connectivity index (χ4n) is 2.28. The van der Waals surface area contributed by atoms with Gasteiger partial charge in [0.2, 0.25) is 0 Å². The van der Waals surface area contributed by atoms with Crippen LogP contribution in [0.15, 0.2) is 24.3 Å². The molecule has 8 heteroatoms. The van der Waals surface area contributed by atoms with Gasteiger partial charge in [-0.2, -0.15) is 0 Å². The first-order chi connectivity index (χ1) is 12.1. The Hall–Kier alpha value is -2.45. The predicted molar refractivity (Wildman–Crippen MR) is 95.0 cm³/mol. The van der Waals surface area contributed by atoms with Gasteiger partial charge in [0.25, 0.3) is 0 Å². The van der Waals surface area contributed by atoms with E-state index in [1.807, 2.05) is 31.2 Å². The van der Waals surface area contributed by atoms with Gasteiger partial charge in [-0.05, 0) is 24.5 Å². The predicted octanol–water partition coefficient (Wildman–Crippen LogP) is 1.59. The molecule has 0 spiro atoms. The van der Waals surface area contributed by atoms with Crippen molar-refractivity contribution in [3.05, 3.63) is 35.4 Å². The van der Waals surface area contributed by atoms with E-state index in [0.717, 1.165) is 36.8 Å². The molecule has 1 aromatic rings. The van der Waals surface area contributed by atoms with Crippen LogP contribution in [0, 0.1) is 6.92 Å². The minimum atomic E-state index is -2.04. The van der Waals surface area contributed by atoms with Crippen molar-refractivity contribution in [3.8, 4) is 0 Å². The Morgan fingerprint density at radius 1 is 1.00 bits per heavy atom. The quantitative estimate of drug-likeness (QED) is 0.410. The topological polar surface area (TPSA) is 158 Å². The zero-order valence-electron chi connectivity index (χ0n) is 15.0. The fraction of sp³-hybridized carbons (Fsp3) is 0.500. The molecule has 0 heterocycles. The van der Waals surface area contributed by atoms with Crippen molar-refractivity contribution in [2.75, 3.05) is 0 Å². The van der Waals surface area contributed by atoms with E-state index in [4.69, 9.17) is 21.1 Å². The van der Waals surface area contributed by atoms with Crippen LogP contribution in [0.5, 0.6) is 0 Å². The molecule has 0 radical (unpaired) electrons. The number of nitrogens with two attached hydrogens (primary N) is 1. The maximum absolute atomic E-state index is 11.2. The van der Waals surface area contributed by atoms with Gasteiger partial charge in [-0.1, -0.05) is 50.5 Å². The summed E-state index contributed by atoms with van der Waals surface area (Å²) < 4.78 is 0. The summed E-state index contributed by atoms with van der Waals surface area (Å²) in [6, 6.07) is 6.00. The third kappa shape index (κ3) is 8.09. The number of rotatable bonds is 9. The molecule has 1 rings (SSSR count). The summed E-state index contributed by atoms with van der Waals surface area (Å²) in [6.45, 7) is 4.11. The van der Waals surface area contributed by atoms with Crippen molar-refractivity contribution in [1.82, 2.24) is 0 Å². The van der Waals surface area contributed by atoms with Gasteiger partial charge >= 0.3 is 17.9 Å². The number of aliphatic hydroxyl groups excluding tert-OH is 1. The van der Waals surface area contributed by atoms with E-state index in [9.17, 15) is 19.5 Å². The number of aliphatic carboxylic acids is 3. The average molecular weight is 369 g/mol. The van der Waals surface area contributed by atoms with Crippen LogP contribution < -0.4 is 5.73 Å². The molecule has 0 amide bonds. The standard InChI is InChI=1S/C14H20O2.C4H7NO5/c1-3-4-5-10-13(14(15)16)12-9-7-6-8-11(12)2;5-1(3(7)8)2(6)4(9)10/h6-9,13H,3-5,10H2,1-2H3,(H,15,16);1-2,6H,5H2,(H,7,8)(H,9,10)/t;1-,2+/m.0/s1. The molecule has 6 N–H and O–H groups in total. The first-order valence-electron chi connectivity index (χ1n) is 8.31. The number of hydrogen-bond donors (Lipinski definition) is 5. The van der Waals surface area contributed by atoms with Gasteiger partial charge < -0.3 is 26.2 Å². The van der Waals surface area contributed by atoms with Gasteiger partial charge in [-0.3, -0.25) is 9.59 Å². The zero-order valence-corrected chi connectivity index (χ0v) is 15.0. The smallest absolute Gasteiger partial charge is 0.334 e. The second kappa shape index (κ2) is 12.0. The largest absolute Gasteiger partial charge is 0.481 e. The zero-order chi connectivity index (χ0) is 20.3. The number of unbranched alkanes of at least 4 members (excludes halogenated alkanes) is 2. The summed E-state index contributed by atoms with van der Waals surface area (Å²) in [7, 11) is 0. The summed E-state index contributed by atoms with van der Waals surface area (Å²) >= 11 is 0. The van der Waals surface area contributed by atoms with Crippen molar-refractivity contribution in [2.24, 2.45) is 5.73 Å². The number of aliphatic hydroxyl groups is 1. The van der Waals surface area contributed by atoms with Crippen LogP contribution in [0.2, 0.25) is 0 Å². The van der Waals surface area contributed by atoms with Crippen molar-refractivity contribution >= 4 is 17.9 Å². The van der Waals surface area contributed by atoms with E-state index in [2.05, 4.69) is 6.92 Å². The van der Waals surface area contributed by atoms with Crippen LogP contribution in [-0.4, -0.2) is 50.5 Å². The fourth-order valence-corrected chi connectivity index (χ4v) is 2.28. The van der Waals surface area contributed by atoms with E-state index in [0.29, 0.717) is 0 Å². The highest BCUT2D eigenvalue weighted by atomic mass is 16.4. The van der Waals surface area contributed by atoms with Crippen molar-refractivity contribution in [3.63, 3.8) is 0 Å². The molecule has 0 saturated heterocycles. The van der Waals surface area contributed by atoms with Gasteiger partial charge in [0.05, 0.1) is 5.92 Å². The molecule has 0 aliphatic heterocycles. The van der Waals surface area contributed by atoms with E-state index in [1.54, 1.807) is 0 Å². The molecule has 0 aromatic heterocycles. The Kier molecular flexibility index (Phi) is 10.9. The van der Waals surface area contributed by atoms with Crippen LogP contribution >= 0.6 is 0 Å². The molecule has 1 aromatic carbocycles. The lowest BCUT2D eigenvalue weighted by Gasteiger charge is -2.14. The van der Waals surface area contributed by atoms with E-state index < -0.39 is 30.1 Å². The van der Waals surface area contributed by atoms with E-state index in [1.165, 1.54) is 0 Å². The molecule has 0 aliphatic rings. The van der Waals surface area contributed by atoms with Crippen LogP contribution in [-0.2, 0) is 14.4 Å². The Bertz CT molecular complexity index is 585. The second-order valence-corrected chi connectivity index (χ2v) is 5.89. The molecule has 0 saturated carbocycles.